The number of aliphatic hydroxyl groups excluding tert-OH is 1. The molecule has 5 unspecified atom stereocenters. The number of allylic oxidation sites excluding steroid dienone is 1. The molecule has 3 aliphatic carbocycles. The third-order valence-electron chi connectivity index (χ3n) is 4.77. The zero-order valence-corrected chi connectivity index (χ0v) is 9.94. The maximum atomic E-state index is 10.1. The van der Waals surface area contributed by atoms with E-state index in [9.17, 15) is 5.11 Å². The lowest BCUT2D eigenvalue weighted by Crippen LogP contribution is -2.54. The Morgan fingerprint density at radius 1 is 1.06 bits per heavy atom. The molecule has 2 N–H and O–H groups in total. The van der Waals surface area contributed by atoms with Crippen LogP contribution in [0.1, 0.15) is 44.9 Å². The molecular formula is C14H23NO. The largest absolute Gasteiger partial charge is 0.392 e. The molecule has 5 atom stereocenters. The second kappa shape index (κ2) is 4.50. The Bertz CT molecular complexity index is 276. The Hall–Kier alpha value is -0.340. The van der Waals surface area contributed by atoms with Crippen LogP contribution in [0.4, 0.5) is 0 Å². The van der Waals surface area contributed by atoms with Gasteiger partial charge in [0.2, 0.25) is 0 Å². The number of hydrogen-bond acceptors (Lipinski definition) is 2. The Kier molecular flexibility index (Phi) is 3.03. The monoisotopic (exact) mass is 221 g/mol. The van der Waals surface area contributed by atoms with Crippen molar-refractivity contribution in [3.05, 3.63) is 12.2 Å². The summed E-state index contributed by atoms with van der Waals surface area (Å²) in [6.45, 7) is 0. The molecule has 3 rings (SSSR count). The lowest BCUT2D eigenvalue weighted by atomic mass is 9.71. The van der Waals surface area contributed by atoms with Gasteiger partial charge in [-0.1, -0.05) is 31.4 Å². The Balaban J connectivity index is 1.55. The zero-order valence-electron chi connectivity index (χ0n) is 9.94. The quantitative estimate of drug-likeness (QED) is 0.553. The van der Waals surface area contributed by atoms with Crippen molar-refractivity contribution in [1.82, 2.24) is 5.32 Å². The first-order valence-corrected chi connectivity index (χ1v) is 6.95. The molecule has 0 radical (unpaired) electrons. The van der Waals surface area contributed by atoms with Gasteiger partial charge in [-0.15, -0.1) is 0 Å². The minimum Gasteiger partial charge on any atom is -0.392 e. The molecular weight excluding hydrogens is 198 g/mol. The number of fused-ring (bicyclic) bond motifs is 1. The van der Waals surface area contributed by atoms with Crippen LogP contribution in [0.25, 0.3) is 0 Å². The van der Waals surface area contributed by atoms with Crippen molar-refractivity contribution in [2.75, 3.05) is 0 Å². The molecule has 0 bridgehead atoms. The van der Waals surface area contributed by atoms with Crippen molar-refractivity contribution in [2.24, 2.45) is 11.8 Å². The molecule has 2 fully saturated rings. The molecule has 2 saturated carbocycles. The Morgan fingerprint density at radius 2 is 1.94 bits per heavy atom. The summed E-state index contributed by atoms with van der Waals surface area (Å²) in [5.74, 6) is 1.69. The highest BCUT2D eigenvalue weighted by Gasteiger charge is 2.42. The molecule has 0 spiro atoms. The second-order valence-electron chi connectivity index (χ2n) is 5.82. The van der Waals surface area contributed by atoms with Gasteiger partial charge in [-0.25, -0.2) is 0 Å². The van der Waals surface area contributed by atoms with Gasteiger partial charge in [0, 0.05) is 12.1 Å². The average molecular weight is 221 g/mol. The first-order valence-electron chi connectivity index (χ1n) is 6.95. The van der Waals surface area contributed by atoms with Crippen LogP contribution in [0.15, 0.2) is 12.2 Å². The minimum absolute atomic E-state index is 0.105. The molecule has 3 aliphatic rings. The van der Waals surface area contributed by atoms with Gasteiger partial charge in [0.25, 0.3) is 0 Å². The van der Waals surface area contributed by atoms with Crippen LogP contribution in [-0.2, 0) is 0 Å². The average Bonchev–Trinajstić information content (AvgIpc) is 2.51. The molecule has 2 heteroatoms. The highest BCUT2D eigenvalue weighted by Crippen LogP contribution is 2.43. The van der Waals surface area contributed by atoms with Crippen molar-refractivity contribution in [3.63, 3.8) is 0 Å². The van der Waals surface area contributed by atoms with Gasteiger partial charge in [0.15, 0.2) is 0 Å². The van der Waals surface area contributed by atoms with Crippen LogP contribution in [0.5, 0.6) is 0 Å². The Labute approximate surface area is 98.1 Å². The normalized spacial score (nSPS) is 47.2. The van der Waals surface area contributed by atoms with Crippen LogP contribution in [0.3, 0.4) is 0 Å². The predicted molar refractivity (Wildman–Crippen MR) is 65.2 cm³/mol. The predicted octanol–water partition coefficient (Wildman–Crippen LogP) is 2.23. The van der Waals surface area contributed by atoms with Crippen LogP contribution in [0, 0.1) is 11.8 Å². The molecule has 90 valence electrons. The maximum absolute atomic E-state index is 10.1. The first kappa shape index (κ1) is 10.8. The van der Waals surface area contributed by atoms with Crippen molar-refractivity contribution in [2.45, 2.75) is 63.1 Å². The summed E-state index contributed by atoms with van der Waals surface area (Å²) >= 11 is 0. The van der Waals surface area contributed by atoms with Crippen LogP contribution in [0.2, 0.25) is 0 Å². The second-order valence-corrected chi connectivity index (χ2v) is 5.82. The molecule has 0 saturated heterocycles. The molecule has 0 amide bonds. The fourth-order valence-corrected chi connectivity index (χ4v) is 3.66. The zero-order chi connectivity index (χ0) is 11.0. The first-order chi connectivity index (χ1) is 7.84. The van der Waals surface area contributed by atoms with E-state index in [0.717, 1.165) is 18.3 Å². The summed E-state index contributed by atoms with van der Waals surface area (Å²) in [6.07, 6.45) is 13.2. The minimum atomic E-state index is -0.105. The van der Waals surface area contributed by atoms with E-state index in [1.807, 2.05) is 0 Å². The molecule has 0 aromatic carbocycles. The summed E-state index contributed by atoms with van der Waals surface area (Å²) < 4.78 is 0. The fourth-order valence-electron chi connectivity index (χ4n) is 3.66. The van der Waals surface area contributed by atoms with E-state index < -0.39 is 0 Å². The van der Waals surface area contributed by atoms with Crippen molar-refractivity contribution in [1.29, 1.82) is 0 Å². The summed E-state index contributed by atoms with van der Waals surface area (Å²) in [6, 6.07) is 1.02. The van der Waals surface area contributed by atoms with E-state index in [1.54, 1.807) is 0 Å². The molecule has 2 nitrogen and oxygen atoms in total. The SMILES string of the molecule is OC1CCCCCC1NC1CC2CC=CC21. The standard InChI is InChI=1S/C14H23NO/c16-14-8-3-1-2-7-12(14)15-13-9-10-5-4-6-11(10)13/h4,6,10-16H,1-3,5,7-9H2. The summed E-state index contributed by atoms with van der Waals surface area (Å²) in [4.78, 5) is 0. The molecule has 16 heavy (non-hydrogen) atoms. The van der Waals surface area contributed by atoms with Crippen LogP contribution >= 0.6 is 0 Å². The van der Waals surface area contributed by atoms with Gasteiger partial charge in [-0.05, 0) is 37.5 Å². The number of rotatable bonds is 2. The molecule has 0 aliphatic heterocycles. The van der Waals surface area contributed by atoms with E-state index in [2.05, 4.69) is 17.5 Å². The van der Waals surface area contributed by atoms with E-state index in [-0.39, 0.29) is 6.10 Å². The van der Waals surface area contributed by atoms with E-state index in [0.29, 0.717) is 12.1 Å². The Morgan fingerprint density at radius 3 is 2.81 bits per heavy atom. The van der Waals surface area contributed by atoms with E-state index >= 15 is 0 Å². The van der Waals surface area contributed by atoms with Crippen molar-refractivity contribution < 1.29 is 5.11 Å². The highest BCUT2D eigenvalue weighted by molar-refractivity contribution is 5.13. The summed E-state index contributed by atoms with van der Waals surface area (Å²) in [7, 11) is 0. The van der Waals surface area contributed by atoms with E-state index in [1.165, 1.54) is 38.5 Å². The lowest BCUT2D eigenvalue weighted by Gasteiger charge is -2.43. The molecule has 0 aromatic rings. The molecule has 0 aromatic heterocycles. The number of hydrogen-bond donors (Lipinski definition) is 2. The lowest BCUT2D eigenvalue weighted by molar-refractivity contribution is 0.0785. The van der Waals surface area contributed by atoms with Gasteiger partial charge in [0.1, 0.15) is 0 Å². The van der Waals surface area contributed by atoms with Gasteiger partial charge >= 0.3 is 0 Å². The summed E-state index contributed by atoms with van der Waals surface area (Å²) in [5, 5.41) is 13.8. The summed E-state index contributed by atoms with van der Waals surface area (Å²) in [5.41, 5.74) is 0. The number of aliphatic hydroxyl groups is 1. The maximum Gasteiger partial charge on any atom is 0.0693 e. The van der Waals surface area contributed by atoms with Crippen LogP contribution in [-0.4, -0.2) is 23.3 Å². The van der Waals surface area contributed by atoms with Gasteiger partial charge in [-0.3, -0.25) is 0 Å². The van der Waals surface area contributed by atoms with Gasteiger partial charge in [0.05, 0.1) is 6.10 Å². The third kappa shape index (κ3) is 1.93. The van der Waals surface area contributed by atoms with Crippen LogP contribution < -0.4 is 5.32 Å². The smallest absolute Gasteiger partial charge is 0.0693 e. The van der Waals surface area contributed by atoms with Gasteiger partial charge < -0.3 is 10.4 Å². The molecule has 0 heterocycles. The van der Waals surface area contributed by atoms with Crippen molar-refractivity contribution in [3.8, 4) is 0 Å². The van der Waals surface area contributed by atoms with Gasteiger partial charge in [-0.2, -0.15) is 0 Å². The third-order valence-corrected chi connectivity index (χ3v) is 4.77. The topological polar surface area (TPSA) is 32.3 Å². The number of nitrogens with one attached hydrogen (secondary N) is 1. The van der Waals surface area contributed by atoms with Crippen molar-refractivity contribution >= 4 is 0 Å². The highest BCUT2D eigenvalue weighted by atomic mass is 16.3. The fraction of sp³-hybridized carbons (Fsp3) is 0.857. The van der Waals surface area contributed by atoms with E-state index in [4.69, 9.17) is 0 Å².